The third-order valence-electron chi connectivity index (χ3n) is 3.40. The molecule has 3 rings (SSSR count). The first-order chi connectivity index (χ1) is 10.5. The predicted octanol–water partition coefficient (Wildman–Crippen LogP) is 2.96. The molecule has 0 aliphatic rings. The summed E-state index contributed by atoms with van der Waals surface area (Å²) in [6.07, 6.45) is 0. The fourth-order valence-electron chi connectivity index (χ4n) is 2.30. The van der Waals surface area contributed by atoms with Gasteiger partial charge in [0, 0.05) is 33.7 Å². The number of rotatable bonds is 2. The van der Waals surface area contributed by atoms with Crippen LogP contribution in [-0.4, -0.2) is 10.9 Å². The predicted molar refractivity (Wildman–Crippen MR) is 89.7 cm³/mol. The number of fused-ring (bicyclic) bond motifs is 1. The van der Waals surface area contributed by atoms with E-state index in [1.807, 2.05) is 6.92 Å². The van der Waals surface area contributed by atoms with Crippen LogP contribution >= 0.6 is 0 Å². The highest BCUT2D eigenvalue weighted by molar-refractivity contribution is 6.07. The Hall–Kier alpha value is -3.08. The van der Waals surface area contributed by atoms with Gasteiger partial charge in [0.25, 0.3) is 5.91 Å². The number of anilines is 3. The van der Waals surface area contributed by atoms with Crippen molar-refractivity contribution in [2.45, 2.75) is 6.92 Å². The molecule has 0 unspecified atom stereocenters. The zero-order chi connectivity index (χ0) is 15.7. The summed E-state index contributed by atoms with van der Waals surface area (Å²) in [5.74, 6) is -0.202. The van der Waals surface area contributed by atoms with E-state index in [9.17, 15) is 4.79 Å². The number of amides is 1. The van der Waals surface area contributed by atoms with E-state index < -0.39 is 0 Å². The van der Waals surface area contributed by atoms with Gasteiger partial charge in [-0.1, -0.05) is 0 Å². The number of benzene rings is 2. The SMILES string of the molecule is Cc1cc(N)c2cc(C(=O)Nc3ccc(N)cc3)ccc2n1. The lowest BCUT2D eigenvalue weighted by Crippen LogP contribution is -2.12. The van der Waals surface area contributed by atoms with E-state index in [4.69, 9.17) is 11.5 Å². The van der Waals surface area contributed by atoms with Crippen LogP contribution in [0.5, 0.6) is 0 Å². The second-order valence-corrected chi connectivity index (χ2v) is 5.16. The molecule has 3 aromatic rings. The van der Waals surface area contributed by atoms with Crippen LogP contribution in [0.4, 0.5) is 17.1 Å². The number of carbonyl (C=O) groups is 1. The van der Waals surface area contributed by atoms with Gasteiger partial charge in [-0.2, -0.15) is 0 Å². The minimum Gasteiger partial charge on any atom is -0.399 e. The van der Waals surface area contributed by atoms with Crippen LogP contribution in [0.2, 0.25) is 0 Å². The van der Waals surface area contributed by atoms with E-state index in [-0.39, 0.29) is 5.91 Å². The van der Waals surface area contributed by atoms with Gasteiger partial charge in [-0.25, -0.2) is 0 Å². The van der Waals surface area contributed by atoms with Crippen molar-refractivity contribution >= 4 is 33.9 Å². The van der Waals surface area contributed by atoms with Gasteiger partial charge in [0.2, 0.25) is 0 Å². The van der Waals surface area contributed by atoms with Gasteiger partial charge in [0.05, 0.1) is 5.52 Å². The number of aromatic nitrogens is 1. The van der Waals surface area contributed by atoms with E-state index in [1.54, 1.807) is 48.5 Å². The number of carbonyl (C=O) groups excluding carboxylic acids is 1. The standard InChI is InChI=1S/C17H16N4O/c1-10-8-15(19)14-9-11(2-7-16(14)20-10)17(22)21-13-5-3-12(18)4-6-13/h2-9H,18H2,1H3,(H2,19,20)(H,21,22). The van der Waals surface area contributed by atoms with Crippen molar-refractivity contribution in [3.63, 3.8) is 0 Å². The molecule has 1 heterocycles. The molecule has 110 valence electrons. The molecule has 0 atom stereocenters. The fourth-order valence-corrected chi connectivity index (χ4v) is 2.30. The van der Waals surface area contributed by atoms with Crippen LogP contribution in [0.15, 0.2) is 48.5 Å². The molecule has 0 saturated carbocycles. The summed E-state index contributed by atoms with van der Waals surface area (Å²) in [7, 11) is 0. The Kier molecular flexibility index (Phi) is 3.39. The number of pyridine rings is 1. The third kappa shape index (κ3) is 2.69. The largest absolute Gasteiger partial charge is 0.399 e. The average Bonchev–Trinajstić information content (AvgIpc) is 2.49. The molecule has 0 radical (unpaired) electrons. The second-order valence-electron chi connectivity index (χ2n) is 5.16. The number of aryl methyl sites for hydroxylation is 1. The lowest BCUT2D eigenvalue weighted by molar-refractivity contribution is 0.102. The zero-order valence-electron chi connectivity index (χ0n) is 12.1. The zero-order valence-corrected chi connectivity index (χ0v) is 12.1. The Morgan fingerprint density at radius 3 is 2.50 bits per heavy atom. The number of nitrogens with one attached hydrogen (secondary N) is 1. The van der Waals surface area contributed by atoms with Gasteiger partial charge in [-0.3, -0.25) is 9.78 Å². The minimum absolute atomic E-state index is 0.202. The first kappa shape index (κ1) is 13.9. The summed E-state index contributed by atoms with van der Waals surface area (Å²) >= 11 is 0. The number of hydrogen-bond donors (Lipinski definition) is 3. The summed E-state index contributed by atoms with van der Waals surface area (Å²) in [5.41, 5.74) is 15.8. The van der Waals surface area contributed by atoms with E-state index >= 15 is 0 Å². The Labute approximate surface area is 128 Å². The van der Waals surface area contributed by atoms with E-state index in [0.717, 1.165) is 16.6 Å². The van der Waals surface area contributed by atoms with Gasteiger partial charge < -0.3 is 16.8 Å². The summed E-state index contributed by atoms with van der Waals surface area (Å²) < 4.78 is 0. The van der Waals surface area contributed by atoms with Crippen molar-refractivity contribution in [1.82, 2.24) is 4.98 Å². The van der Waals surface area contributed by atoms with Crippen LogP contribution in [0, 0.1) is 6.92 Å². The van der Waals surface area contributed by atoms with Crippen LogP contribution < -0.4 is 16.8 Å². The monoisotopic (exact) mass is 292 g/mol. The van der Waals surface area contributed by atoms with Crippen molar-refractivity contribution in [2.24, 2.45) is 0 Å². The highest BCUT2D eigenvalue weighted by Gasteiger charge is 2.09. The van der Waals surface area contributed by atoms with Crippen molar-refractivity contribution in [3.05, 3.63) is 59.8 Å². The Bertz CT molecular complexity index is 856. The summed E-state index contributed by atoms with van der Waals surface area (Å²) in [5, 5.41) is 3.60. The third-order valence-corrected chi connectivity index (χ3v) is 3.40. The quantitative estimate of drug-likeness (QED) is 0.633. The van der Waals surface area contributed by atoms with Gasteiger partial charge in [0.1, 0.15) is 0 Å². The van der Waals surface area contributed by atoms with E-state index in [0.29, 0.717) is 22.6 Å². The lowest BCUT2D eigenvalue weighted by atomic mass is 10.1. The number of nitrogens with two attached hydrogens (primary N) is 2. The van der Waals surface area contributed by atoms with E-state index in [2.05, 4.69) is 10.3 Å². The van der Waals surface area contributed by atoms with Crippen molar-refractivity contribution in [2.75, 3.05) is 16.8 Å². The minimum atomic E-state index is -0.202. The molecule has 2 aromatic carbocycles. The first-order valence-corrected chi connectivity index (χ1v) is 6.87. The molecule has 0 fully saturated rings. The molecular weight excluding hydrogens is 276 g/mol. The molecule has 5 N–H and O–H groups in total. The smallest absolute Gasteiger partial charge is 0.255 e. The Morgan fingerprint density at radius 2 is 1.77 bits per heavy atom. The maximum atomic E-state index is 12.3. The Balaban J connectivity index is 1.92. The maximum absolute atomic E-state index is 12.3. The topological polar surface area (TPSA) is 94.0 Å². The van der Waals surface area contributed by atoms with Crippen LogP contribution in [-0.2, 0) is 0 Å². The molecule has 0 bridgehead atoms. The number of hydrogen-bond acceptors (Lipinski definition) is 4. The number of nitrogens with zero attached hydrogens (tertiary/aromatic N) is 1. The molecule has 22 heavy (non-hydrogen) atoms. The molecule has 5 heteroatoms. The number of nitrogen functional groups attached to an aromatic ring is 2. The lowest BCUT2D eigenvalue weighted by Gasteiger charge is -2.08. The molecular formula is C17H16N4O. The summed E-state index contributed by atoms with van der Waals surface area (Å²) in [6.45, 7) is 1.89. The maximum Gasteiger partial charge on any atom is 0.255 e. The molecule has 1 amide bonds. The summed E-state index contributed by atoms with van der Waals surface area (Å²) in [4.78, 5) is 16.7. The Morgan fingerprint density at radius 1 is 1.05 bits per heavy atom. The van der Waals surface area contributed by atoms with Gasteiger partial charge in [-0.15, -0.1) is 0 Å². The van der Waals surface area contributed by atoms with E-state index in [1.165, 1.54) is 0 Å². The van der Waals surface area contributed by atoms with Crippen molar-refractivity contribution in [1.29, 1.82) is 0 Å². The highest BCUT2D eigenvalue weighted by atomic mass is 16.1. The molecule has 1 aromatic heterocycles. The van der Waals surface area contributed by atoms with Crippen LogP contribution in [0.1, 0.15) is 16.1 Å². The second kappa shape index (κ2) is 5.37. The van der Waals surface area contributed by atoms with Gasteiger partial charge >= 0.3 is 0 Å². The molecule has 0 saturated heterocycles. The molecule has 0 aliphatic carbocycles. The average molecular weight is 292 g/mol. The molecule has 5 nitrogen and oxygen atoms in total. The fraction of sp³-hybridized carbons (Fsp3) is 0.0588. The molecule has 0 spiro atoms. The first-order valence-electron chi connectivity index (χ1n) is 6.87. The molecule has 0 aliphatic heterocycles. The van der Waals surface area contributed by atoms with Crippen molar-refractivity contribution in [3.8, 4) is 0 Å². The van der Waals surface area contributed by atoms with Crippen LogP contribution in [0.3, 0.4) is 0 Å². The van der Waals surface area contributed by atoms with Gasteiger partial charge in [-0.05, 0) is 55.5 Å². The van der Waals surface area contributed by atoms with Gasteiger partial charge in [0.15, 0.2) is 0 Å². The summed E-state index contributed by atoms with van der Waals surface area (Å²) in [6, 6.07) is 14.1. The highest BCUT2D eigenvalue weighted by Crippen LogP contribution is 2.22. The normalized spacial score (nSPS) is 10.6. The van der Waals surface area contributed by atoms with Crippen LogP contribution in [0.25, 0.3) is 10.9 Å². The van der Waals surface area contributed by atoms with Crippen molar-refractivity contribution < 1.29 is 4.79 Å².